The Balaban J connectivity index is 1.58. The van der Waals surface area contributed by atoms with Gasteiger partial charge in [0.15, 0.2) is 0 Å². The average Bonchev–Trinajstić information content (AvgIpc) is 2.91. The van der Waals surface area contributed by atoms with Gasteiger partial charge in [-0.15, -0.1) is 0 Å². The van der Waals surface area contributed by atoms with E-state index in [1.54, 1.807) is 0 Å². The maximum absolute atomic E-state index is 9.81. The van der Waals surface area contributed by atoms with Crippen molar-refractivity contribution in [3.05, 3.63) is 28.7 Å². The lowest BCUT2D eigenvalue weighted by molar-refractivity contribution is 0.105. The van der Waals surface area contributed by atoms with E-state index < -0.39 is 6.10 Å². The minimum absolute atomic E-state index is 0.301. The van der Waals surface area contributed by atoms with Crippen LogP contribution in [0.25, 0.3) is 0 Å². The van der Waals surface area contributed by atoms with Crippen molar-refractivity contribution in [3.63, 3.8) is 0 Å². The summed E-state index contributed by atoms with van der Waals surface area (Å²) in [5.41, 5.74) is 0. The number of hydrogen-bond acceptors (Lipinski definition) is 4. The normalized spacial score (nSPS) is 20.4. The van der Waals surface area contributed by atoms with E-state index in [0.29, 0.717) is 19.1 Å². The van der Waals surface area contributed by atoms with Crippen molar-refractivity contribution in [1.29, 1.82) is 0 Å². The summed E-state index contributed by atoms with van der Waals surface area (Å²) in [7, 11) is 0. The second kappa shape index (κ2) is 7.85. The Labute approximate surface area is 122 Å². The van der Waals surface area contributed by atoms with Crippen molar-refractivity contribution >= 4 is 15.9 Å². The summed E-state index contributed by atoms with van der Waals surface area (Å²) in [6.45, 7) is 3.44. The molecule has 0 aromatic heterocycles. The van der Waals surface area contributed by atoms with Crippen molar-refractivity contribution in [1.82, 2.24) is 5.32 Å². The van der Waals surface area contributed by atoms with Crippen LogP contribution in [0, 0.1) is 5.92 Å². The molecule has 2 unspecified atom stereocenters. The first-order chi connectivity index (χ1) is 9.24. The number of benzene rings is 1. The number of hydrogen-bond donors (Lipinski definition) is 2. The maximum atomic E-state index is 9.81. The van der Waals surface area contributed by atoms with Gasteiger partial charge in [0.25, 0.3) is 0 Å². The molecule has 0 radical (unpaired) electrons. The molecule has 1 aliphatic rings. The van der Waals surface area contributed by atoms with Gasteiger partial charge in [-0.25, -0.2) is 0 Å². The Kier molecular flexibility index (Phi) is 6.10. The molecule has 106 valence electrons. The highest BCUT2D eigenvalue weighted by molar-refractivity contribution is 9.10. The third-order valence-electron chi connectivity index (χ3n) is 3.09. The topological polar surface area (TPSA) is 50.7 Å². The van der Waals surface area contributed by atoms with Gasteiger partial charge in [0.2, 0.25) is 0 Å². The first kappa shape index (κ1) is 14.8. The summed E-state index contributed by atoms with van der Waals surface area (Å²) in [4.78, 5) is 0. The van der Waals surface area contributed by atoms with Crippen LogP contribution in [0.2, 0.25) is 0 Å². The lowest BCUT2D eigenvalue weighted by atomic mass is 10.1. The van der Waals surface area contributed by atoms with Crippen molar-refractivity contribution in [2.45, 2.75) is 12.5 Å². The summed E-state index contributed by atoms with van der Waals surface area (Å²) in [5.74, 6) is 1.35. The molecule has 1 saturated heterocycles. The molecule has 0 aliphatic carbocycles. The number of aliphatic hydroxyl groups is 1. The average molecular weight is 330 g/mol. The van der Waals surface area contributed by atoms with Crippen LogP contribution in [0.5, 0.6) is 5.75 Å². The standard InChI is InChI=1S/C14H20BrNO3/c15-12-1-3-14(4-2-12)19-10-13(17)8-16-7-11-5-6-18-9-11/h1-4,11,13,16-17H,5-10H2. The zero-order chi connectivity index (χ0) is 13.5. The van der Waals surface area contributed by atoms with Crippen molar-refractivity contribution in [2.75, 3.05) is 32.9 Å². The predicted octanol–water partition coefficient (Wildman–Crippen LogP) is 1.81. The molecule has 1 heterocycles. The molecular weight excluding hydrogens is 310 g/mol. The summed E-state index contributed by atoms with van der Waals surface area (Å²) < 4.78 is 11.8. The molecule has 2 N–H and O–H groups in total. The van der Waals surface area contributed by atoms with Crippen LogP contribution in [-0.4, -0.2) is 44.1 Å². The summed E-state index contributed by atoms with van der Waals surface area (Å²) in [6, 6.07) is 7.58. The second-order valence-electron chi connectivity index (χ2n) is 4.81. The third kappa shape index (κ3) is 5.48. The zero-order valence-corrected chi connectivity index (χ0v) is 12.4. The van der Waals surface area contributed by atoms with E-state index in [0.717, 1.165) is 36.4 Å². The van der Waals surface area contributed by atoms with Gasteiger partial charge >= 0.3 is 0 Å². The quantitative estimate of drug-likeness (QED) is 0.801. The van der Waals surface area contributed by atoms with Gasteiger partial charge in [0.05, 0.1) is 6.61 Å². The first-order valence-electron chi connectivity index (χ1n) is 6.59. The molecule has 1 fully saturated rings. The molecule has 2 rings (SSSR count). The van der Waals surface area contributed by atoms with E-state index in [-0.39, 0.29) is 0 Å². The maximum Gasteiger partial charge on any atom is 0.119 e. The number of nitrogens with one attached hydrogen (secondary N) is 1. The molecule has 0 bridgehead atoms. The lowest BCUT2D eigenvalue weighted by Gasteiger charge is -2.15. The highest BCUT2D eigenvalue weighted by Crippen LogP contribution is 2.16. The largest absolute Gasteiger partial charge is 0.491 e. The molecule has 4 nitrogen and oxygen atoms in total. The number of halogens is 1. The fourth-order valence-corrected chi connectivity index (χ4v) is 2.24. The minimum Gasteiger partial charge on any atom is -0.491 e. The lowest BCUT2D eigenvalue weighted by Crippen LogP contribution is -2.34. The van der Waals surface area contributed by atoms with Crippen LogP contribution < -0.4 is 10.1 Å². The highest BCUT2D eigenvalue weighted by atomic mass is 79.9. The van der Waals surface area contributed by atoms with Crippen LogP contribution in [0.4, 0.5) is 0 Å². The Bertz CT molecular complexity index is 365. The molecule has 0 saturated carbocycles. The van der Waals surface area contributed by atoms with E-state index in [1.807, 2.05) is 24.3 Å². The van der Waals surface area contributed by atoms with Gasteiger partial charge in [-0.2, -0.15) is 0 Å². The number of ether oxygens (including phenoxy) is 2. The fraction of sp³-hybridized carbons (Fsp3) is 0.571. The summed E-state index contributed by atoms with van der Waals surface area (Å²) >= 11 is 3.37. The molecule has 2 atom stereocenters. The van der Waals surface area contributed by atoms with E-state index >= 15 is 0 Å². The monoisotopic (exact) mass is 329 g/mol. The first-order valence-corrected chi connectivity index (χ1v) is 7.38. The predicted molar refractivity (Wildman–Crippen MR) is 77.4 cm³/mol. The van der Waals surface area contributed by atoms with Crippen LogP contribution in [0.3, 0.4) is 0 Å². The van der Waals surface area contributed by atoms with Gasteiger partial charge in [0.1, 0.15) is 18.5 Å². The van der Waals surface area contributed by atoms with Crippen LogP contribution in [-0.2, 0) is 4.74 Å². The summed E-state index contributed by atoms with van der Waals surface area (Å²) in [5, 5.41) is 13.1. The van der Waals surface area contributed by atoms with Gasteiger partial charge in [-0.1, -0.05) is 15.9 Å². The van der Waals surface area contributed by atoms with E-state index in [1.165, 1.54) is 0 Å². The van der Waals surface area contributed by atoms with Crippen LogP contribution >= 0.6 is 15.9 Å². The molecule has 1 aromatic carbocycles. The Hall–Kier alpha value is -0.620. The SMILES string of the molecule is OC(CNCC1CCOC1)COc1ccc(Br)cc1. The molecule has 1 aromatic rings. The number of rotatable bonds is 7. The van der Waals surface area contributed by atoms with Crippen molar-refractivity contribution < 1.29 is 14.6 Å². The van der Waals surface area contributed by atoms with Crippen LogP contribution in [0.15, 0.2) is 28.7 Å². The Morgan fingerprint density at radius 1 is 1.42 bits per heavy atom. The Morgan fingerprint density at radius 2 is 2.21 bits per heavy atom. The van der Waals surface area contributed by atoms with E-state index in [4.69, 9.17) is 9.47 Å². The third-order valence-corrected chi connectivity index (χ3v) is 3.62. The van der Waals surface area contributed by atoms with Gasteiger partial charge < -0.3 is 19.9 Å². The molecule has 1 aliphatic heterocycles. The molecule has 0 amide bonds. The minimum atomic E-state index is -0.494. The van der Waals surface area contributed by atoms with Crippen LogP contribution in [0.1, 0.15) is 6.42 Å². The molecule has 19 heavy (non-hydrogen) atoms. The summed E-state index contributed by atoms with van der Waals surface area (Å²) in [6.07, 6.45) is 0.615. The molecular formula is C14H20BrNO3. The van der Waals surface area contributed by atoms with Gasteiger partial charge in [-0.3, -0.25) is 0 Å². The highest BCUT2D eigenvalue weighted by Gasteiger charge is 2.15. The second-order valence-corrected chi connectivity index (χ2v) is 5.72. The van der Waals surface area contributed by atoms with Crippen molar-refractivity contribution in [2.24, 2.45) is 5.92 Å². The van der Waals surface area contributed by atoms with E-state index in [9.17, 15) is 5.11 Å². The fourth-order valence-electron chi connectivity index (χ4n) is 1.98. The van der Waals surface area contributed by atoms with Gasteiger partial charge in [-0.05, 0) is 36.6 Å². The Morgan fingerprint density at radius 3 is 2.89 bits per heavy atom. The molecule has 0 spiro atoms. The smallest absolute Gasteiger partial charge is 0.119 e. The number of aliphatic hydroxyl groups excluding tert-OH is 1. The zero-order valence-electron chi connectivity index (χ0n) is 10.8. The molecule has 5 heteroatoms. The van der Waals surface area contributed by atoms with Gasteiger partial charge in [0, 0.05) is 24.2 Å². The van der Waals surface area contributed by atoms with E-state index in [2.05, 4.69) is 21.2 Å². The van der Waals surface area contributed by atoms with Crippen molar-refractivity contribution in [3.8, 4) is 5.75 Å².